The number of nitrogens with zero attached hydrogens (tertiary/aromatic N) is 2. The molecule has 0 spiro atoms. The van der Waals surface area contributed by atoms with Gasteiger partial charge in [-0.2, -0.15) is 0 Å². The molecule has 3 aliphatic heterocycles. The van der Waals surface area contributed by atoms with E-state index in [4.69, 9.17) is 4.74 Å². The smallest absolute Gasteiger partial charge is 0.332 e. The van der Waals surface area contributed by atoms with Crippen LogP contribution in [0, 0.1) is 0 Å². The lowest BCUT2D eigenvalue weighted by Crippen LogP contribution is -2.63. The summed E-state index contributed by atoms with van der Waals surface area (Å²) in [7, 11) is 0. The van der Waals surface area contributed by atoms with Crippen molar-refractivity contribution in [2.45, 2.75) is 37.3 Å². The van der Waals surface area contributed by atoms with Gasteiger partial charge in [-0.05, 0) is 19.4 Å². The third kappa shape index (κ3) is 2.85. The van der Waals surface area contributed by atoms with Crippen LogP contribution in [-0.2, 0) is 9.53 Å². The molecular weight excluding hydrogens is 274 g/mol. The average molecular weight is 297 g/mol. The van der Waals surface area contributed by atoms with E-state index in [1.54, 1.807) is 4.90 Å². The van der Waals surface area contributed by atoms with Gasteiger partial charge in [0, 0.05) is 38.7 Å². The number of hydrogen-bond acceptors (Lipinski definition) is 4. The molecule has 7 nitrogen and oxygen atoms in total. The minimum Gasteiger partial charge on any atom is -0.479 e. The summed E-state index contributed by atoms with van der Waals surface area (Å²) in [5.74, 6) is -1.01. The van der Waals surface area contributed by atoms with Gasteiger partial charge < -0.3 is 20.1 Å². The van der Waals surface area contributed by atoms with E-state index in [9.17, 15) is 14.7 Å². The predicted octanol–water partition coefficient (Wildman–Crippen LogP) is 0.110. The van der Waals surface area contributed by atoms with E-state index in [2.05, 4.69) is 10.2 Å². The molecule has 0 saturated carbocycles. The van der Waals surface area contributed by atoms with Crippen LogP contribution in [0.3, 0.4) is 0 Å². The van der Waals surface area contributed by atoms with Crippen molar-refractivity contribution in [1.82, 2.24) is 15.1 Å². The van der Waals surface area contributed by atoms with Gasteiger partial charge in [-0.1, -0.05) is 6.42 Å². The number of rotatable bonds is 2. The number of carboxylic acids is 1. The fourth-order valence-electron chi connectivity index (χ4n) is 3.51. The van der Waals surface area contributed by atoms with Gasteiger partial charge in [-0.3, -0.25) is 4.90 Å². The largest absolute Gasteiger partial charge is 0.479 e. The molecule has 2 N–H and O–H groups in total. The molecule has 0 aromatic heterocycles. The Morgan fingerprint density at radius 2 is 2.10 bits per heavy atom. The molecule has 2 unspecified atom stereocenters. The van der Waals surface area contributed by atoms with Crippen molar-refractivity contribution in [2.75, 3.05) is 39.4 Å². The highest BCUT2D eigenvalue weighted by molar-refractivity contribution is 5.86. The molecule has 0 radical (unpaired) electrons. The molecule has 3 fully saturated rings. The second-order valence-electron chi connectivity index (χ2n) is 6.25. The zero-order chi connectivity index (χ0) is 14.9. The first kappa shape index (κ1) is 14.6. The lowest BCUT2D eigenvalue weighted by molar-refractivity contribution is -0.144. The summed E-state index contributed by atoms with van der Waals surface area (Å²) < 4.78 is 5.17. The minimum atomic E-state index is -1.25. The molecule has 0 aromatic carbocycles. The summed E-state index contributed by atoms with van der Waals surface area (Å²) in [6.45, 7) is 3.80. The van der Waals surface area contributed by atoms with Crippen molar-refractivity contribution < 1.29 is 19.4 Å². The number of ether oxygens (including phenoxy) is 1. The van der Waals surface area contributed by atoms with Gasteiger partial charge in [0.25, 0.3) is 0 Å². The number of urea groups is 1. The predicted molar refractivity (Wildman–Crippen MR) is 75.1 cm³/mol. The summed E-state index contributed by atoms with van der Waals surface area (Å²) in [4.78, 5) is 28.1. The SMILES string of the molecule is O=C(NC1(C(=O)O)CCOC1)N1CCN2CCCCC2C1. The Bertz CT molecular complexity index is 422. The van der Waals surface area contributed by atoms with Crippen LogP contribution < -0.4 is 5.32 Å². The first-order valence-electron chi connectivity index (χ1n) is 7.73. The normalized spacial score (nSPS) is 33.5. The molecule has 0 bridgehead atoms. The van der Waals surface area contributed by atoms with E-state index in [0.29, 0.717) is 32.2 Å². The molecule has 3 saturated heterocycles. The second kappa shape index (κ2) is 5.81. The van der Waals surface area contributed by atoms with E-state index >= 15 is 0 Å². The number of piperazine rings is 1. The van der Waals surface area contributed by atoms with E-state index in [1.807, 2.05) is 0 Å². The first-order valence-corrected chi connectivity index (χ1v) is 7.73. The van der Waals surface area contributed by atoms with Gasteiger partial charge in [0.05, 0.1) is 6.61 Å². The van der Waals surface area contributed by atoms with Crippen LogP contribution in [0.5, 0.6) is 0 Å². The van der Waals surface area contributed by atoms with Crippen LogP contribution >= 0.6 is 0 Å². The standard InChI is InChI=1S/C14H23N3O4/c18-12(19)14(4-8-21-10-14)15-13(20)17-7-6-16-5-2-1-3-11(16)9-17/h11H,1-10H2,(H,15,20)(H,18,19). The topological polar surface area (TPSA) is 82.1 Å². The second-order valence-corrected chi connectivity index (χ2v) is 6.25. The van der Waals surface area contributed by atoms with Crippen molar-refractivity contribution >= 4 is 12.0 Å². The summed E-state index contributed by atoms with van der Waals surface area (Å²) >= 11 is 0. The summed E-state index contributed by atoms with van der Waals surface area (Å²) in [5, 5.41) is 12.1. The van der Waals surface area contributed by atoms with E-state index in [-0.39, 0.29) is 12.6 Å². The van der Waals surface area contributed by atoms with Gasteiger partial charge in [0.1, 0.15) is 0 Å². The van der Waals surface area contributed by atoms with Gasteiger partial charge in [-0.25, -0.2) is 9.59 Å². The Hall–Kier alpha value is -1.34. The molecule has 21 heavy (non-hydrogen) atoms. The third-order valence-corrected chi connectivity index (χ3v) is 4.90. The zero-order valence-corrected chi connectivity index (χ0v) is 12.2. The zero-order valence-electron chi connectivity index (χ0n) is 12.2. The fourth-order valence-corrected chi connectivity index (χ4v) is 3.51. The molecular formula is C14H23N3O4. The van der Waals surface area contributed by atoms with Crippen LogP contribution in [0.25, 0.3) is 0 Å². The molecule has 3 aliphatic rings. The monoisotopic (exact) mass is 297 g/mol. The number of nitrogens with one attached hydrogen (secondary N) is 1. The Balaban J connectivity index is 1.61. The highest BCUT2D eigenvalue weighted by Crippen LogP contribution is 2.23. The Labute approximate surface area is 124 Å². The minimum absolute atomic E-state index is 0.0530. The van der Waals surface area contributed by atoms with Crippen molar-refractivity contribution in [3.05, 3.63) is 0 Å². The number of amides is 2. The van der Waals surface area contributed by atoms with Crippen molar-refractivity contribution in [3.8, 4) is 0 Å². The molecule has 2 amide bonds. The number of fused-ring (bicyclic) bond motifs is 1. The molecule has 0 aliphatic carbocycles. The Morgan fingerprint density at radius 1 is 1.24 bits per heavy atom. The van der Waals surface area contributed by atoms with Crippen molar-refractivity contribution in [3.63, 3.8) is 0 Å². The average Bonchev–Trinajstić information content (AvgIpc) is 2.96. The van der Waals surface area contributed by atoms with Crippen LogP contribution in [0.15, 0.2) is 0 Å². The first-order chi connectivity index (χ1) is 10.1. The maximum absolute atomic E-state index is 12.4. The fraction of sp³-hybridized carbons (Fsp3) is 0.857. The van der Waals surface area contributed by atoms with Crippen LogP contribution in [-0.4, -0.2) is 77.9 Å². The van der Waals surface area contributed by atoms with Crippen molar-refractivity contribution in [1.29, 1.82) is 0 Å². The van der Waals surface area contributed by atoms with Crippen LogP contribution in [0.4, 0.5) is 4.79 Å². The molecule has 3 rings (SSSR count). The number of piperidine rings is 1. The van der Waals surface area contributed by atoms with E-state index < -0.39 is 11.5 Å². The maximum Gasteiger partial charge on any atom is 0.332 e. The molecule has 0 aromatic rings. The Morgan fingerprint density at radius 3 is 2.81 bits per heavy atom. The molecule has 2 atom stereocenters. The third-order valence-electron chi connectivity index (χ3n) is 4.90. The van der Waals surface area contributed by atoms with Crippen LogP contribution in [0.1, 0.15) is 25.7 Å². The number of carbonyl (C=O) groups excluding carboxylic acids is 1. The number of aliphatic carboxylic acids is 1. The molecule has 7 heteroatoms. The number of hydrogen-bond donors (Lipinski definition) is 2. The van der Waals surface area contributed by atoms with E-state index in [1.165, 1.54) is 12.8 Å². The van der Waals surface area contributed by atoms with Crippen LogP contribution in [0.2, 0.25) is 0 Å². The number of carbonyl (C=O) groups is 2. The summed E-state index contributed by atoms with van der Waals surface area (Å²) in [6, 6.07) is 0.159. The lowest BCUT2D eigenvalue weighted by Gasteiger charge is -2.44. The summed E-state index contributed by atoms with van der Waals surface area (Å²) in [5.41, 5.74) is -1.25. The van der Waals surface area contributed by atoms with Gasteiger partial charge >= 0.3 is 12.0 Å². The quantitative estimate of drug-likeness (QED) is 0.756. The Kier molecular flexibility index (Phi) is 4.03. The highest BCUT2D eigenvalue weighted by Gasteiger charge is 2.45. The van der Waals surface area contributed by atoms with Gasteiger partial charge in [0.15, 0.2) is 5.54 Å². The van der Waals surface area contributed by atoms with Crippen molar-refractivity contribution in [2.24, 2.45) is 0 Å². The molecule has 118 valence electrons. The number of carboxylic acid groups (broad SMARTS) is 1. The maximum atomic E-state index is 12.4. The summed E-state index contributed by atoms with van der Waals surface area (Å²) in [6.07, 6.45) is 3.90. The molecule has 3 heterocycles. The van der Waals surface area contributed by atoms with E-state index in [0.717, 1.165) is 19.5 Å². The highest BCUT2D eigenvalue weighted by atomic mass is 16.5. The van der Waals surface area contributed by atoms with Gasteiger partial charge in [-0.15, -0.1) is 0 Å². The van der Waals surface area contributed by atoms with Gasteiger partial charge in [0.2, 0.25) is 0 Å². The lowest BCUT2D eigenvalue weighted by atomic mass is 9.98.